The van der Waals surface area contributed by atoms with Crippen LogP contribution in [0.1, 0.15) is 23.8 Å². The Balaban J connectivity index is 1.59. The van der Waals surface area contributed by atoms with E-state index in [9.17, 15) is 4.79 Å². The van der Waals surface area contributed by atoms with E-state index in [0.29, 0.717) is 19.7 Å². The Kier molecular flexibility index (Phi) is 4.35. The van der Waals surface area contributed by atoms with Gasteiger partial charge in [0.05, 0.1) is 30.9 Å². The number of ether oxygens (including phenoxy) is 1. The highest BCUT2D eigenvalue weighted by molar-refractivity contribution is 5.77. The van der Waals surface area contributed by atoms with Crippen molar-refractivity contribution in [3.05, 3.63) is 17.3 Å². The number of urea groups is 1. The zero-order valence-electron chi connectivity index (χ0n) is 13.5. The second-order valence-electron chi connectivity index (χ2n) is 6.08. The van der Waals surface area contributed by atoms with Gasteiger partial charge in [0.25, 0.3) is 0 Å². The summed E-state index contributed by atoms with van der Waals surface area (Å²) in [7, 11) is 1.66. The van der Waals surface area contributed by atoms with Crippen molar-refractivity contribution in [3.8, 4) is 0 Å². The molecule has 1 aromatic heterocycles. The van der Waals surface area contributed by atoms with Crippen LogP contribution in [0.4, 0.5) is 4.79 Å². The lowest BCUT2D eigenvalue weighted by Gasteiger charge is -2.36. The molecule has 2 aliphatic heterocycles. The molecule has 0 aliphatic carbocycles. The number of oxazole rings is 1. The minimum absolute atomic E-state index is 0.0247. The number of likely N-dealkylation sites (tertiary alicyclic amines) is 1. The number of methoxy groups -OCH3 is 1. The van der Waals surface area contributed by atoms with Gasteiger partial charge in [-0.25, -0.2) is 9.78 Å². The molecule has 1 aromatic rings. The molecular weight excluding hydrogens is 284 g/mol. The zero-order valence-corrected chi connectivity index (χ0v) is 13.5. The SMILES string of the molecule is COCCN1C(=O)N[C@@H]2CN(Cc3nc(C)c(C)o3)CC[C@@H]21. The fourth-order valence-electron chi connectivity index (χ4n) is 3.31. The zero-order chi connectivity index (χ0) is 15.7. The summed E-state index contributed by atoms with van der Waals surface area (Å²) in [4.78, 5) is 20.7. The molecule has 2 fully saturated rings. The van der Waals surface area contributed by atoms with E-state index in [0.717, 1.165) is 36.9 Å². The average Bonchev–Trinajstić information content (AvgIpc) is 2.95. The molecule has 3 rings (SSSR count). The molecule has 7 heteroatoms. The van der Waals surface area contributed by atoms with Crippen LogP contribution in [0.2, 0.25) is 0 Å². The molecule has 1 N–H and O–H groups in total. The van der Waals surface area contributed by atoms with Gasteiger partial charge in [-0.2, -0.15) is 0 Å². The first-order valence-corrected chi connectivity index (χ1v) is 7.80. The number of hydrogen-bond acceptors (Lipinski definition) is 5. The first kappa shape index (κ1) is 15.3. The summed E-state index contributed by atoms with van der Waals surface area (Å²) in [6.45, 7) is 7.60. The van der Waals surface area contributed by atoms with Crippen LogP contribution in [-0.4, -0.2) is 66.2 Å². The smallest absolute Gasteiger partial charge is 0.318 e. The van der Waals surface area contributed by atoms with E-state index in [-0.39, 0.29) is 18.1 Å². The molecule has 2 saturated heterocycles. The Bertz CT molecular complexity index is 525. The Morgan fingerprint density at radius 1 is 1.45 bits per heavy atom. The van der Waals surface area contributed by atoms with Gasteiger partial charge in [0, 0.05) is 26.7 Å². The second kappa shape index (κ2) is 6.26. The van der Waals surface area contributed by atoms with Crippen molar-refractivity contribution >= 4 is 6.03 Å². The molecule has 0 bridgehead atoms. The maximum absolute atomic E-state index is 12.1. The predicted molar refractivity (Wildman–Crippen MR) is 80.6 cm³/mol. The van der Waals surface area contributed by atoms with E-state index in [1.807, 2.05) is 18.7 Å². The Hall–Kier alpha value is -1.60. The van der Waals surface area contributed by atoms with Gasteiger partial charge in [-0.3, -0.25) is 4.90 Å². The van der Waals surface area contributed by atoms with E-state index in [1.54, 1.807) is 7.11 Å². The van der Waals surface area contributed by atoms with E-state index < -0.39 is 0 Å². The maximum Gasteiger partial charge on any atom is 0.318 e. The standard InChI is InChI=1S/C15H24N4O3/c1-10-11(2)22-14(16-10)9-18-5-4-13-12(8-18)17-15(20)19(13)6-7-21-3/h12-13H,4-9H2,1-3H3,(H,17,20)/t12-,13+/m1/s1. The van der Waals surface area contributed by atoms with Crippen molar-refractivity contribution in [2.24, 2.45) is 0 Å². The summed E-state index contributed by atoms with van der Waals surface area (Å²) in [5.41, 5.74) is 0.949. The van der Waals surface area contributed by atoms with Crippen molar-refractivity contribution < 1.29 is 13.9 Å². The van der Waals surface area contributed by atoms with E-state index in [1.165, 1.54) is 0 Å². The highest BCUT2D eigenvalue weighted by Gasteiger charge is 2.42. The Morgan fingerprint density at radius 3 is 2.95 bits per heavy atom. The molecule has 2 aliphatic rings. The number of fused-ring (bicyclic) bond motifs is 1. The van der Waals surface area contributed by atoms with Crippen molar-refractivity contribution in [1.29, 1.82) is 0 Å². The first-order valence-electron chi connectivity index (χ1n) is 7.80. The largest absolute Gasteiger partial charge is 0.444 e. The van der Waals surface area contributed by atoms with Crippen LogP contribution in [0.15, 0.2) is 4.42 Å². The van der Waals surface area contributed by atoms with E-state index >= 15 is 0 Å². The van der Waals surface area contributed by atoms with E-state index in [4.69, 9.17) is 9.15 Å². The van der Waals surface area contributed by atoms with Gasteiger partial charge in [-0.15, -0.1) is 0 Å². The summed E-state index contributed by atoms with van der Waals surface area (Å²) in [6.07, 6.45) is 0.964. The second-order valence-corrected chi connectivity index (χ2v) is 6.08. The van der Waals surface area contributed by atoms with Crippen molar-refractivity contribution in [2.75, 3.05) is 33.4 Å². The third-order valence-electron chi connectivity index (χ3n) is 4.60. The molecule has 0 unspecified atom stereocenters. The molecule has 2 atom stereocenters. The lowest BCUT2D eigenvalue weighted by molar-refractivity contribution is 0.107. The maximum atomic E-state index is 12.1. The number of nitrogens with one attached hydrogen (secondary N) is 1. The van der Waals surface area contributed by atoms with Crippen LogP contribution in [0.5, 0.6) is 0 Å². The van der Waals surface area contributed by atoms with Gasteiger partial charge >= 0.3 is 6.03 Å². The molecular formula is C15H24N4O3. The topological polar surface area (TPSA) is 70.8 Å². The molecule has 0 spiro atoms. The van der Waals surface area contributed by atoms with Crippen LogP contribution in [0.25, 0.3) is 0 Å². The fourth-order valence-corrected chi connectivity index (χ4v) is 3.31. The number of carbonyl (C=O) groups excluding carboxylic acids is 1. The van der Waals surface area contributed by atoms with Gasteiger partial charge in [0.2, 0.25) is 5.89 Å². The summed E-state index contributed by atoms with van der Waals surface area (Å²) >= 11 is 0. The minimum atomic E-state index is 0.0247. The molecule has 2 amide bonds. The van der Waals surface area contributed by atoms with Crippen LogP contribution >= 0.6 is 0 Å². The van der Waals surface area contributed by atoms with Crippen molar-refractivity contribution in [3.63, 3.8) is 0 Å². The number of carbonyl (C=O) groups is 1. The monoisotopic (exact) mass is 308 g/mol. The third kappa shape index (κ3) is 2.96. The lowest BCUT2D eigenvalue weighted by Crippen LogP contribution is -2.51. The molecule has 22 heavy (non-hydrogen) atoms. The first-order chi connectivity index (χ1) is 10.6. The lowest BCUT2D eigenvalue weighted by atomic mass is 10.00. The van der Waals surface area contributed by atoms with Gasteiger partial charge in [0.15, 0.2) is 0 Å². The van der Waals surface area contributed by atoms with Gasteiger partial charge in [-0.05, 0) is 20.3 Å². The number of piperidine rings is 1. The van der Waals surface area contributed by atoms with Crippen molar-refractivity contribution in [1.82, 2.24) is 20.1 Å². The molecule has 122 valence electrons. The van der Waals surface area contributed by atoms with Crippen LogP contribution in [-0.2, 0) is 11.3 Å². The third-order valence-corrected chi connectivity index (χ3v) is 4.60. The highest BCUT2D eigenvalue weighted by Crippen LogP contribution is 2.24. The van der Waals surface area contributed by atoms with Gasteiger partial charge < -0.3 is 19.4 Å². The average molecular weight is 308 g/mol. The normalized spacial score (nSPS) is 25.4. The number of hydrogen-bond donors (Lipinski definition) is 1. The van der Waals surface area contributed by atoms with Crippen LogP contribution in [0, 0.1) is 13.8 Å². The van der Waals surface area contributed by atoms with E-state index in [2.05, 4.69) is 15.2 Å². The number of aryl methyl sites for hydroxylation is 2. The molecule has 7 nitrogen and oxygen atoms in total. The highest BCUT2D eigenvalue weighted by atomic mass is 16.5. The Morgan fingerprint density at radius 2 is 2.27 bits per heavy atom. The molecule has 0 aromatic carbocycles. The summed E-state index contributed by atoms with van der Waals surface area (Å²) in [5, 5.41) is 3.09. The number of nitrogens with zero attached hydrogens (tertiary/aromatic N) is 3. The molecule has 3 heterocycles. The van der Waals surface area contributed by atoms with Crippen LogP contribution in [0.3, 0.4) is 0 Å². The summed E-state index contributed by atoms with van der Waals surface area (Å²) in [5.74, 6) is 1.64. The fraction of sp³-hybridized carbons (Fsp3) is 0.733. The number of rotatable bonds is 5. The minimum Gasteiger partial charge on any atom is -0.444 e. The Labute approximate surface area is 130 Å². The quantitative estimate of drug-likeness (QED) is 0.875. The number of aromatic nitrogens is 1. The summed E-state index contributed by atoms with van der Waals surface area (Å²) in [6, 6.07) is 0.471. The number of amides is 2. The van der Waals surface area contributed by atoms with Crippen LogP contribution < -0.4 is 5.32 Å². The van der Waals surface area contributed by atoms with Crippen molar-refractivity contribution in [2.45, 2.75) is 38.9 Å². The summed E-state index contributed by atoms with van der Waals surface area (Å²) < 4.78 is 10.7. The van der Waals surface area contributed by atoms with Gasteiger partial charge in [-0.1, -0.05) is 0 Å². The molecule has 0 radical (unpaired) electrons. The van der Waals surface area contributed by atoms with Gasteiger partial charge in [0.1, 0.15) is 5.76 Å². The predicted octanol–water partition coefficient (Wildman–Crippen LogP) is 0.906. The molecule has 0 saturated carbocycles.